The summed E-state index contributed by atoms with van der Waals surface area (Å²) in [7, 11) is 0. The van der Waals surface area contributed by atoms with Crippen molar-refractivity contribution in [3.63, 3.8) is 0 Å². The summed E-state index contributed by atoms with van der Waals surface area (Å²) in [5, 5.41) is 3.92. The number of benzene rings is 1. The second kappa shape index (κ2) is 6.89. The average Bonchev–Trinajstić information content (AvgIpc) is 2.43. The zero-order chi connectivity index (χ0) is 15.3. The Bertz CT molecular complexity index is 576. The molecule has 0 saturated carbocycles. The van der Waals surface area contributed by atoms with Crippen molar-refractivity contribution >= 4 is 10.9 Å². The van der Waals surface area contributed by atoms with Crippen LogP contribution in [0.2, 0.25) is 0 Å². The Morgan fingerprint density at radius 3 is 2.67 bits per heavy atom. The van der Waals surface area contributed by atoms with Gasteiger partial charge in [-0.15, -0.1) is 0 Å². The normalized spacial score (nSPS) is 13.5. The fourth-order valence-electron chi connectivity index (χ4n) is 2.44. The van der Waals surface area contributed by atoms with E-state index in [4.69, 9.17) is 0 Å². The Morgan fingerprint density at radius 2 is 1.95 bits per heavy atom. The third-order valence-corrected chi connectivity index (χ3v) is 3.37. The smallest absolute Gasteiger partial charge is 0.313 e. The zero-order valence-corrected chi connectivity index (χ0v) is 12.0. The van der Waals surface area contributed by atoms with Crippen molar-refractivity contribution in [3.05, 3.63) is 42.1 Å². The van der Waals surface area contributed by atoms with E-state index in [1.807, 2.05) is 31.2 Å². The SMILES string of the molecule is CCCNC(Cc1ccnc2ccccc12)CC(F)(F)F. The van der Waals surface area contributed by atoms with E-state index in [0.717, 1.165) is 22.9 Å². The molecule has 21 heavy (non-hydrogen) atoms. The Morgan fingerprint density at radius 1 is 1.19 bits per heavy atom. The summed E-state index contributed by atoms with van der Waals surface area (Å²) in [5.74, 6) is 0. The Hall–Kier alpha value is -1.62. The minimum Gasteiger partial charge on any atom is -0.313 e. The number of nitrogens with zero attached hydrogens (tertiary/aromatic N) is 1. The molecular formula is C16H19F3N2. The van der Waals surface area contributed by atoms with E-state index < -0.39 is 18.6 Å². The number of halogens is 3. The molecule has 2 nitrogen and oxygen atoms in total. The second-order valence-electron chi connectivity index (χ2n) is 5.16. The van der Waals surface area contributed by atoms with Gasteiger partial charge in [0.1, 0.15) is 0 Å². The lowest BCUT2D eigenvalue weighted by Crippen LogP contribution is -2.36. The molecule has 0 aliphatic rings. The van der Waals surface area contributed by atoms with Gasteiger partial charge in [-0.2, -0.15) is 13.2 Å². The van der Waals surface area contributed by atoms with Crippen molar-refractivity contribution in [1.82, 2.24) is 10.3 Å². The van der Waals surface area contributed by atoms with Crippen molar-refractivity contribution in [2.75, 3.05) is 6.54 Å². The minimum atomic E-state index is -4.16. The van der Waals surface area contributed by atoms with Crippen LogP contribution < -0.4 is 5.32 Å². The lowest BCUT2D eigenvalue weighted by atomic mass is 9.99. The third kappa shape index (κ3) is 4.70. The van der Waals surface area contributed by atoms with Crippen LogP contribution in [-0.4, -0.2) is 23.7 Å². The molecule has 0 amide bonds. The predicted molar refractivity (Wildman–Crippen MR) is 78.2 cm³/mol. The van der Waals surface area contributed by atoms with Crippen LogP contribution in [0.15, 0.2) is 36.5 Å². The van der Waals surface area contributed by atoms with Gasteiger partial charge in [0.25, 0.3) is 0 Å². The monoisotopic (exact) mass is 296 g/mol. The lowest BCUT2D eigenvalue weighted by Gasteiger charge is -2.20. The van der Waals surface area contributed by atoms with E-state index in [1.54, 1.807) is 12.3 Å². The van der Waals surface area contributed by atoms with E-state index in [2.05, 4.69) is 10.3 Å². The maximum absolute atomic E-state index is 12.7. The molecule has 0 aliphatic heterocycles. The van der Waals surface area contributed by atoms with Crippen molar-refractivity contribution in [1.29, 1.82) is 0 Å². The Kier molecular flexibility index (Phi) is 5.17. The number of hydrogen-bond donors (Lipinski definition) is 1. The van der Waals surface area contributed by atoms with Gasteiger partial charge in [0.15, 0.2) is 0 Å². The van der Waals surface area contributed by atoms with Crippen LogP contribution in [-0.2, 0) is 6.42 Å². The molecule has 1 atom stereocenters. The van der Waals surface area contributed by atoms with Gasteiger partial charge in [0.2, 0.25) is 0 Å². The van der Waals surface area contributed by atoms with E-state index in [9.17, 15) is 13.2 Å². The molecule has 1 unspecified atom stereocenters. The molecule has 5 heteroatoms. The number of alkyl halides is 3. The standard InChI is InChI=1S/C16H19F3N2/c1-2-8-20-13(11-16(17,18)19)10-12-7-9-21-15-6-4-3-5-14(12)15/h3-7,9,13,20H,2,8,10-11H2,1H3. The number of rotatable bonds is 6. The number of fused-ring (bicyclic) bond motifs is 1. The van der Waals surface area contributed by atoms with Crippen LogP contribution in [0.25, 0.3) is 10.9 Å². The number of hydrogen-bond acceptors (Lipinski definition) is 2. The van der Waals surface area contributed by atoms with Gasteiger partial charge >= 0.3 is 6.18 Å². The molecule has 2 aromatic rings. The summed E-state index contributed by atoms with van der Waals surface area (Å²) in [4.78, 5) is 4.24. The summed E-state index contributed by atoms with van der Waals surface area (Å²) in [6.07, 6.45) is -2.16. The second-order valence-corrected chi connectivity index (χ2v) is 5.16. The summed E-state index contributed by atoms with van der Waals surface area (Å²) in [5.41, 5.74) is 1.72. The van der Waals surface area contributed by atoms with Gasteiger partial charge in [-0.1, -0.05) is 25.1 Å². The van der Waals surface area contributed by atoms with Gasteiger partial charge in [-0.25, -0.2) is 0 Å². The van der Waals surface area contributed by atoms with Crippen molar-refractivity contribution in [2.45, 2.75) is 38.4 Å². The molecule has 0 bridgehead atoms. The first kappa shape index (κ1) is 15.8. The number of nitrogens with one attached hydrogen (secondary N) is 1. The van der Waals surface area contributed by atoms with Gasteiger partial charge in [0, 0.05) is 17.6 Å². The first-order chi connectivity index (χ1) is 9.99. The molecule has 2 rings (SSSR count). The molecular weight excluding hydrogens is 277 g/mol. The van der Waals surface area contributed by atoms with Gasteiger partial charge in [-0.05, 0) is 37.1 Å². The fraction of sp³-hybridized carbons (Fsp3) is 0.438. The molecule has 0 saturated heterocycles. The van der Waals surface area contributed by atoms with E-state index in [0.29, 0.717) is 13.0 Å². The molecule has 0 fully saturated rings. The highest BCUT2D eigenvalue weighted by molar-refractivity contribution is 5.81. The summed E-state index contributed by atoms with van der Waals surface area (Å²) < 4.78 is 38.1. The molecule has 1 heterocycles. The van der Waals surface area contributed by atoms with E-state index in [1.165, 1.54) is 0 Å². The number of para-hydroxylation sites is 1. The van der Waals surface area contributed by atoms with Gasteiger partial charge in [0.05, 0.1) is 11.9 Å². The first-order valence-electron chi connectivity index (χ1n) is 7.12. The molecule has 1 aromatic carbocycles. The molecule has 0 radical (unpaired) electrons. The van der Waals surface area contributed by atoms with Crippen molar-refractivity contribution < 1.29 is 13.2 Å². The van der Waals surface area contributed by atoms with Gasteiger partial charge in [-0.3, -0.25) is 4.98 Å². The topological polar surface area (TPSA) is 24.9 Å². The van der Waals surface area contributed by atoms with E-state index >= 15 is 0 Å². The summed E-state index contributed by atoms with van der Waals surface area (Å²) >= 11 is 0. The van der Waals surface area contributed by atoms with Crippen LogP contribution in [0.3, 0.4) is 0 Å². The minimum absolute atomic E-state index is 0.350. The predicted octanol–water partition coefficient (Wildman–Crippen LogP) is 4.10. The third-order valence-electron chi connectivity index (χ3n) is 3.37. The van der Waals surface area contributed by atoms with Crippen LogP contribution in [0.1, 0.15) is 25.3 Å². The zero-order valence-electron chi connectivity index (χ0n) is 12.0. The van der Waals surface area contributed by atoms with Crippen LogP contribution >= 0.6 is 0 Å². The number of pyridine rings is 1. The van der Waals surface area contributed by atoms with Gasteiger partial charge < -0.3 is 5.32 Å². The molecule has 1 N–H and O–H groups in total. The fourth-order valence-corrected chi connectivity index (χ4v) is 2.44. The molecule has 114 valence electrons. The molecule has 0 aliphatic carbocycles. The lowest BCUT2D eigenvalue weighted by molar-refractivity contribution is -0.139. The summed E-state index contributed by atoms with van der Waals surface area (Å²) in [6.45, 7) is 2.53. The van der Waals surface area contributed by atoms with Crippen LogP contribution in [0, 0.1) is 0 Å². The maximum atomic E-state index is 12.7. The highest BCUT2D eigenvalue weighted by atomic mass is 19.4. The first-order valence-corrected chi connectivity index (χ1v) is 7.12. The van der Waals surface area contributed by atoms with Crippen molar-refractivity contribution in [3.8, 4) is 0 Å². The largest absolute Gasteiger partial charge is 0.390 e. The van der Waals surface area contributed by atoms with E-state index in [-0.39, 0.29) is 0 Å². The highest BCUT2D eigenvalue weighted by Crippen LogP contribution is 2.25. The Balaban J connectivity index is 2.21. The van der Waals surface area contributed by atoms with Crippen molar-refractivity contribution in [2.24, 2.45) is 0 Å². The highest BCUT2D eigenvalue weighted by Gasteiger charge is 2.31. The Labute approximate surface area is 122 Å². The quantitative estimate of drug-likeness (QED) is 0.868. The average molecular weight is 296 g/mol. The number of aromatic nitrogens is 1. The summed E-state index contributed by atoms with van der Waals surface area (Å²) in [6, 6.07) is 8.74. The maximum Gasteiger partial charge on any atom is 0.390 e. The molecule has 1 aromatic heterocycles. The van der Waals surface area contributed by atoms with Crippen LogP contribution in [0.4, 0.5) is 13.2 Å². The molecule has 0 spiro atoms. The van der Waals surface area contributed by atoms with Crippen LogP contribution in [0.5, 0.6) is 0 Å².